The minimum atomic E-state index is -0.630. The van der Waals surface area contributed by atoms with Gasteiger partial charge >= 0.3 is 0 Å². The lowest BCUT2D eigenvalue weighted by Gasteiger charge is -2.20. The summed E-state index contributed by atoms with van der Waals surface area (Å²) in [6, 6.07) is 4.35. The number of unbranched alkanes of at least 4 members (excludes halogenated alkanes) is 1. The second kappa shape index (κ2) is 8.19. The van der Waals surface area contributed by atoms with E-state index in [1.807, 2.05) is 0 Å². The zero-order chi connectivity index (χ0) is 12.8. The van der Waals surface area contributed by atoms with Gasteiger partial charge in [-0.1, -0.05) is 19.8 Å². The number of ether oxygens (including phenoxy) is 1. The average molecular weight is 276 g/mol. The van der Waals surface area contributed by atoms with Gasteiger partial charge in [0.2, 0.25) is 0 Å². The SMILES string of the molecule is CCCC[C@@H](O)[C@@H](N)c1ccc(OC)cc1O.Cl. The number of aliphatic hydroxyl groups excluding tert-OH is 1. The zero-order valence-electron chi connectivity index (χ0n) is 10.8. The molecule has 104 valence electrons. The van der Waals surface area contributed by atoms with Crippen LogP contribution in [0.5, 0.6) is 11.5 Å². The Bertz CT molecular complexity index is 360. The fourth-order valence-corrected chi connectivity index (χ4v) is 1.73. The Hall–Kier alpha value is -0.970. The molecule has 0 radical (unpaired) electrons. The summed E-state index contributed by atoms with van der Waals surface area (Å²) in [6.45, 7) is 2.06. The Balaban J connectivity index is 0.00000289. The molecule has 4 nitrogen and oxygen atoms in total. The minimum Gasteiger partial charge on any atom is -0.507 e. The Labute approximate surface area is 114 Å². The highest BCUT2D eigenvalue weighted by molar-refractivity contribution is 5.85. The molecule has 0 fully saturated rings. The van der Waals surface area contributed by atoms with Gasteiger partial charge in [0.25, 0.3) is 0 Å². The maximum Gasteiger partial charge on any atom is 0.124 e. The predicted molar refractivity (Wildman–Crippen MR) is 74.4 cm³/mol. The summed E-state index contributed by atoms with van der Waals surface area (Å²) in [7, 11) is 1.53. The second-order valence-electron chi connectivity index (χ2n) is 4.16. The minimum absolute atomic E-state index is 0. The summed E-state index contributed by atoms with van der Waals surface area (Å²) < 4.78 is 4.99. The first-order valence-corrected chi connectivity index (χ1v) is 5.90. The lowest BCUT2D eigenvalue weighted by molar-refractivity contribution is 0.131. The molecule has 0 aliphatic carbocycles. The monoisotopic (exact) mass is 275 g/mol. The van der Waals surface area contributed by atoms with Crippen molar-refractivity contribution in [3.63, 3.8) is 0 Å². The molecule has 0 saturated carbocycles. The van der Waals surface area contributed by atoms with Crippen molar-refractivity contribution >= 4 is 12.4 Å². The van der Waals surface area contributed by atoms with Crippen LogP contribution in [0.15, 0.2) is 18.2 Å². The van der Waals surface area contributed by atoms with Crippen LogP contribution in [0.2, 0.25) is 0 Å². The zero-order valence-corrected chi connectivity index (χ0v) is 11.6. The van der Waals surface area contributed by atoms with Crippen molar-refractivity contribution in [2.24, 2.45) is 5.73 Å². The molecule has 0 bridgehead atoms. The number of hydrogen-bond donors (Lipinski definition) is 3. The molecule has 0 heterocycles. The number of benzene rings is 1. The van der Waals surface area contributed by atoms with E-state index in [1.54, 1.807) is 12.1 Å². The van der Waals surface area contributed by atoms with E-state index in [0.717, 1.165) is 12.8 Å². The van der Waals surface area contributed by atoms with E-state index in [-0.39, 0.29) is 18.2 Å². The first-order chi connectivity index (χ1) is 8.10. The Kier molecular flexibility index (Phi) is 7.75. The van der Waals surface area contributed by atoms with Crippen LogP contribution in [0.4, 0.5) is 0 Å². The Morgan fingerprint density at radius 3 is 2.56 bits per heavy atom. The van der Waals surface area contributed by atoms with Crippen molar-refractivity contribution in [2.75, 3.05) is 7.11 Å². The van der Waals surface area contributed by atoms with E-state index in [9.17, 15) is 10.2 Å². The summed E-state index contributed by atoms with van der Waals surface area (Å²) in [4.78, 5) is 0. The third-order valence-electron chi connectivity index (χ3n) is 2.86. The van der Waals surface area contributed by atoms with Gasteiger partial charge in [0, 0.05) is 11.6 Å². The second-order valence-corrected chi connectivity index (χ2v) is 4.16. The number of rotatable bonds is 6. The molecule has 5 heteroatoms. The van der Waals surface area contributed by atoms with Gasteiger partial charge in [-0.25, -0.2) is 0 Å². The van der Waals surface area contributed by atoms with Crippen molar-refractivity contribution in [1.29, 1.82) is 0 Å². The molecular formula is C13H22ClNO3. The number of phenolic OH excluding ortho intramolecular Hbond substituents is 1. The van der Waals surface area contributed by atoms with Gasteiger partial charge in [-0.15, -0.1) is 12.4 Å². The van der Waals surface area contributed by atoms with Crippen LogP contribution in [0.25, 0.3) is 0 Å². The first-order valence-electron chi connectivity index (χ1n) is 5.90. The van der Waals surface area contributed by atoms with Crippen LogP contribution >= 0.6 is 12.4 Å². The van der Waals surface area contributed by atoms with Gasteiger partial charge in [-0.2, -0.15) is 0 Å². The topological polar surface area (TPSA) is 75.7 Å². The predicted octanol–water partition coefficient (Wildman–Crippen LogP) is 2.37. The van der Waals surface area contributed by atoms with Gasteiger partial charge in [-0.3, -0.25) is 0 Å². The van der Waals surface area contributed by atoms with Crippen LogP contribution < -0.4 is 10.5 Å². The molecule has 0 aromatic heterocycles. The summed E-state index contributed by atoms with van der Waals surface area (Å²) in [5.74, 6) is 0.633. The number of methoxy groups -OCH3 is 1. The van der Waals surface area contributed by atoms with Crippen LogP contribution in [0.3, 0.4) is 0 Å². The van der Waals surface area contributed by atoms with E-state index in [2.05, 4.69) is 6.92 Å². The van der Waals surface area contributed by atoms with Gasteiger partial charge in [0.1, 0.15) is 11.5 Å². The van der Waals surface area contributed by atoms with Crippen molar-refractivity contribution in [2.45, 2.75) is 38.3 Å². The van der Waals surface area contributed by atoms with Crippen LogP contribution in [-0.4, -0.2) is 23.4 Å². The largest absolute Gasteiger partial charge is 0.507 e. The van der Waals surface area contributed by atoms with E-state index < -0.39 is 12.1 Å². The summed E-state index contributed by atoms with van der Waals surface area (Å²) in [5, 5.41) is 19.7. The van der Waals surface area contributed by atoms with Crippen molar-refractivity contribution in [1.82, 2.24) is 0 Å². The Morgan fingerprint density at radius 1 is 1.39 bits per heavy atom. The quantitative estimate of drug-likeness (QED) is 0.745. The van der Waals surface area contributed by atoms with Crippen LogP contribution in [-0.2, 0) is 0 Å². The number of halogens is 1. The van der Waals surface area contributed by atoms with Crippen molar-refractivity contribution in [3.05, 3.63) is 23.8 Å². The summed E-state index contributed by atoms with van der Waals surface area (Å²) in [5.41, 5.74) is 6.47. The molecule has 0 unspecified atom stereocenters. The van der Waals surface area contributed by atoms with Crippen molar-refractivity contribution < 1.29 is 14.9 Å². The maximum absolute atomic E-state index is 9.89. The highest BCUT2D eigenvalue weighted by atomic mass is 35.5. The molecule has 1 aromatic rings. The molecule has 0 aliphatic rings. The molecule has 0 spiro atoms. The molecule has 0 amide bonds. The average Bonchev–Trinajstić information content (AvgIpc) is 2.34. The highest BCUT2D eigenvalue weighted by Gasteiger charge is 2.19. The molecular weight excluding hydrogens is 254 g/mol. The maximum atomic E-state index is 9.89. The molecule has 4 N–H and O–H groups in total. The number of phenols is 1. The third kappa shape index (κ3) is 4.37. The fourth-order valence-electron chi connectivity index (χ4n) is 1.73. The van der Waals surface area contributed by atoms with Gasteiger partial charge in [0.05, 0.1) is 19.3 Å². The molecule has 0 aliphatic heterocycles. The van der Waals surface area contributed by atoms with Crippen LogP contribution in [0.1, 0.15) is 37.8 Å². The first kappa shape index (κ1) is 17.0. The number of aliphatic hydroxyl groups is 1. The van der Waals surface area contributed by atoms with Crippen molar-refractivity contribution in [3.8, 4) is 11.5 Å². The molecule has 2 atom stereocenters. The molecule has 0 saturated heterocycles. The van der Waals surface area contributed by atoms with Crippen LogP contribution in [0, 0.1) is 0 Å². The number of aromatic hydroxyl groups is 1. The van der Waals surface area contributed by atoms with Gasteiger partial charge < -0.3 is 20.7 Å². The smallest absolute Gasteiger partial charge is 0.124 e. The van der Waals surface area contributed by atoms with Gasteiger partial charge in [0.15, 0.2) is 0 Å². The molecule has 1 aromatic carbocycles. The number of hydrogen-bond acceptors (Lipinski definition) is 4. The lowest BCUT2D eigenvalue weighted by Crippen LogP contribution is -2.26. The number of nitrogens with two attached hydrogens (primary N) is 1. The standard InChI is InChI=1S/C13H21NO3.ClH/c1-3-4-5-11(15)13(14)10-7-6-9(17-2)8-12(10)16;/h6-8,11,13,15-16H,3-5,14H2,1-2H3;1H/t11-,13+;/m1./s1. The fraction of sp³-hybridized carbons (Fsp3) is 0.538. The lowest BCUT2D eigenvalue weighted by atomic mass is 9.97. The summed E-state index contributed by atoms with van der Waals surface area (Å²) in [6.07, 6.45) is 1.95. The van der Waals surface area contributed by atoms with Gasteiger partial charge in [-0.05, 0) is 18.6 Å². The normalized spacial score (nSPS) is 13.6. The molecule has 1 rings (SSSR count). The van der Waals surface area contributed by atoms with E-state index in [1.165, 1.54) is 13.2 Å². The Morgan fingerprint density at radius 2 is 2.06 bits per heavy atom. The van der Waals surface area contributed by atoms with E-state index >= 15 is 0 Å². The summed E-state index contributed by atoms with van der Waals surface area (Å²) >= 11 is 0. The third-order valence-corrected chi connectivity index (χ3v) is 2.86. The van der Waals surface area contributed by atoms with E-state index in [0.29, 0.717) is 17.7 Å². The molecule has 18 heavy (non-hydrogen) atoms. The highest BCUT2D eigenvalue weighted by Crippen LogP contribution is 2.29. The van der Waals surface area contributed by atoms with E-state index in [4.69, 9.17) is 10.5 Å².